The van der Waals surface area contributed by atoms with Crippen LogP contribution in [0.25, 0.3) is 0 Å². The topological polar surface area (TPSA) is 26.3 Å². The molecular weight excluding hydrogens is 220 g/mol. The molecule has 0 aliphatic heterocycles. The molecule has 0 saturated heterocycles. The lowest BCUT2D eigenvalue weighted by molar-refractivity contribution is -0.140. The highest BCUT2D eigenvalue weighted by Gasteiger charge is 2.25. The number of allylic oxidation sites excluding steroid dienone is 2. The molecule has 16 heavy (non-hydrogen) atoms. The third-order valence-electron chi connectivity index (χ3n) is 2.80. The van der Waals surface area contributed by atoms with Crippen molar-refractivity contribution in [3.05, 3.63) is 11.0 Å². The van der Waals surface area contributed by atoms with Gasteiger partial charge in [0.2, 0.25) is 0 Å². The van der Waals surface area contributed by atoms with E-state index in [1.165, 1.54) is 18.4 Å². The first-order valence-electron chi connectivity index (χ1n) is 5.84. The zero-order valence-corrected chi connectivity index (χ0v) is 11.5. The number of carbonyl (C=O) groups excluding carboxylic acids is 1. The third kappa shape index (κ3) is 4.60. The normalized spacial score (nSPS) is 23.8. The Morgan fingerprint density at radius 1 is 1.62 bits per heavy atom. The number of hydrogen-bond acceptors (Lipinski definition) is 3. The minimum atomic E-state index is -0.115. The Morgan fingerprint density at radius 3 is 2.88 bits per heavy atom. The first-order valence-corrected chi connectivity index (χ1v) is 6.83. The smallest absolute Gasteiger partial charge is 0.306 e. The number of thioether (sulfide) groups is 1. The van der Waals surface area contributed by atoms with Gasteiger partial charge in [-0.1, -0.05) is 26.8 Å². The number of carbonyl (C=O) groups is 1. The number of methoxy groups -OCH3 is 1. The van der Waals surface area contributed by atoms with Crippen molar-refractivity contribution >= 4 is 17.7 Å². The van der Waals surface area contributed by atoms with E-state index in [1.54, 1.807) is 0 Å². The summed E-state index contributed by atoms with van der Waals surface area (Å²) in [6.07, 6.45) is 5.30. The highest BCUT2D eigenvalue weighted by atomic mass is 32.2. The highest BCUT2D eigenvalue weighted by molar-refractivity contribution is 8.03. The molecule has 1 unspecified atom stereocenters. The molecule has 0 N–H and O–H groups in total. The predicted molar refractivity (Wildman–Crippen MR) is 69.4 cm³/mol. The maximum absolute atomic E-state index is 11.0. The van der Waals surface area contributed by atoms with E-state index in [1.807, 2.05) is 11.8 Å². The lowest BCUT2D eigenvalue weighted by Gasteiger charge is -2.31. The molecule has 1 aliphatic rings. The SMILES string of the molecule is COC(=O)CCSC1=CC(C)(C)CC(C)C1. The van der Waals surface area contributed by atoms with E-state index in [-0.39, 0.29) is 5.97 Å². The second kappa shape index (κ2) is 5.76. The molecule has 0 spiro atoms. The number of esters is 1. The average Bonchev–Trinajstić information content (AvgIpc) is 2.14. The van der Waals surface area contributed by atoms with Crippen molar-refractivity contribution < 1.29 is 9.53 Å². The molecule has 1 rings (SSSR count). The maximum Gasteiger partial charge on any atom is 0.306 e. The van der Waals surface area contributed by atoms with Crippen LogP contribution < -0.4 is 0 Å². The summed E-state index contributed by atoms with van der Waals surface area (Å²) >= 11 is 1.81. The third-order valence-corrected chi connectivity index (χ3v) is 3.86. The zero-order valence-electron chi connectivity index (χ0n) is 10.7. The summed E-state index contributed by atoms with van der Waals surface area (Å²) in [5.74, 6) is 1.47. The first kappa shape index (κ1) is 13.6. The van der Waals surface area contributed by atoms with Gasteiger partial charge in [0, 0.05) is 5.75 Å². The molecule has 1 aliphatic carbocycles. The molecular formula is C13H22O2S. The molecule has 3 heteroatoms. The Hall–Kier alpha value is -0.440. The standard InChI is InChI=1S/C13H22O2S/c1-10-7-11(9-13(2,3)8-10)16-6-5-12(14)15-4/h9-10H,5-8H2,1-4H3. The summed E-state index contributed by atoms with van der Waals surface area (Å²) in [4.78, 5) is 12.4. The van der Waals surface area contributed by atoms with Crippen molar-refractivity contribution in [2.75, 3.05) is 12.9 Å². The van der Waals surface area contributed by atoms with Crippen molar-refractivity contribution in [1.29, 1.82) is 0 Å². The number of hydrogen-bond donors (Lipinski definition) is 0. The Balaban J connectivity index is 2.42. The van der Waals surface area contributed by atoms with Crippen molar-refractivity contribution in [1.82, 2.24) is 0 Å². The molecule has 0 heterocycles. The summed E-state index contributed by atoms with van der Waals surface area (Å²) < 4.78 is 4.63. The first-order chi connectivity index (χ1) is 7.43. The summed E-state index contributed by atoms with van der Waals surface area (Å²) in [7, 11) is 1.44. The van der Waals surface area contributed by atoms with Gasteiger partial charge in [-0.2, -0.15) is 0 Å². The Bertz CT molecular complexity index is 282. The summed E-state index contributed by atoms with van der Waals surface area (Å²) in [5, 5.41) is 0. The average molecular weight is 242 g/mol. The van der Waals surface area contributed by atoms with Crippen molar-refractivity contribution in [3.63, 3.8) is 0 Å². The van der Waals surface area contributed by atoms with E-state index in [9.17, 15) is 4.79 Å². The van der Waals surface area contributed by atoms with Gasteiger partial charge in [-0.15, -0.1) is 11.8 Å². The van der Waals surface area contributed by atoms with Gasteiger partial charge in [0.25, 0.3) is 0 Å². The van der Waals surface area contributed by atoms with E-state index in [4.69, 9.17) is 0 Å². The van der Waals surface area contributed by atoms with Crippen LogP contribution in [0.5, 0.6) is 0 Å². The Kier molecular flexibility index (Phi) is 4.90. The van der Waals surface area contributed by atoms with Crippen molar-refractivity contribution in [2.45, 2.75) is 40.0 Å². The summed E-state index contributed by atoms with van der Waals surface area (Å²) in [6.45, 7) is 6.86. The van der Waals surface area contributed by atoms with Crippen LogP contribution in [-0.4, -0.2) is 18.8 Å². The van der Waals surface area contributed by atoms with E-state index in [2.05, 4.69) is 31.6 Å². The molecule has 0 radical (unpaired) electrons. The van der Waals surface area contributed by atoms with Crippen LogP contribution in [-0.2, 0) is 9.53 Å². The molecule has 2 nitrogen and oxygen atoms in total. The monoisotopic (exact) mass is 242 g/mol. The maximum atomic E-state index is 11.0. The van der Waals surface area contributed by atoms with E-state index < -0.39 is 0 Å². The molecule has 0 aromatic rings. The van der Waals surface area contributed by atoms with Crippen LogP contribution in [0.1, 0.15) is 40.0 Å². The van der Waals surface area contributed by atoms with Gasteiger partial charge in [-0.05, 0) is 29.1 Å². The van der Waals surface area contributed by atoms with Crippen LogP contribution in [0.15, 0.2) is 11.0 Å². The summed E-state index contributed by atoms with van der Waals surface area (Å²) in [5.41, 5.74) is 0.311. The quantitative estimate of drug-likeness (QED) is 0.704. The van der Waals surface area contributed by atoms with Crippen molar-refractivity contribution in [3.8, 4) is 0 Å². The number of ether oxygens (including phenoxy) is 1. The molecule has 92 valence electrons. The second-order valence-corrected chi connectivity index (χ2v) is 6.51. The number of rotatable bonds is 4. The zero-order chi connectivity index (χ0) is 12.2. The largest absolute Gasteiger partial charge is 0.469 e. The molecule has 1 atom stereocenters. The van der Waals surface area contributed by atoms with Crippen LogP contribution in [0.3, 0.4) is 0 Å². The van der Waals surface area contributed by atoms with Crippen molar-refractivity contribution in [2.24, 2.45) is 11.3 Å². The van der Waals surface area contributed by atoms with Gasteiger partial charge in [-0.25, -0.2) is 0 Å². The predicted octanol–water partition coefficient (Wildman–Crippen LogP) is 3.62. The fraction of sp³-hybridized carbons (Fsp3) is 0.769. The lowest BCUT2D eigenvalue weighted by atomic mass is 9.78. The molecule has 0 saturated carbocycles. The van der Waals surface area contributed by atoms with E-state index in [0.29, 0.717) is 11.8 Å². The van der Waals surface area contributed by atoms with Crippen LogP contribution in [0, 0.1) is 11.3 Å². The Morgan fingerprint density at radius 2 is 2.31 bits per heavy atom. The van der Waals surface area contributed by atoms with Gasteiger partial charge in [0.15, 0.2) is 0 Å². The highest BCUT2D eigenvalue weighted by Crippen LogP contribution is 2.40. The van der Waals surface area contributed by atoms with Gasteiger partial charge in [0.1, 0.15) is 0 Å². The van der Waals surface area contributed by atoms with Gasteiger partial charge < -0.3 is 4.74 Å². The summed E-state index contributed by atoms with van der Waals surface area (Å²) in [6, 6.07) is 0. The molecule has 0 amide bonds. The molecule has 0 bridgehead atoms. The minimum Gasteiger partial charge on any atom is -0.469 e. The molecule has 0 aromatic carbocycles. The fourth-order valence-electron chi connectivity index (χ4n) is 2.34. The minimum absolute atomic E-state index is 0.115. The van der Waals surface area contributed by atoms with E-state index in [0.717, 1.165) is 18.1 Å². The van der Waals surface area contributed by atoms with Gasteiger partial charge >= 0.3 is 5.97 Å². The second-order valence-electron chi connectivity index (χ2n) is 5.29. The van der Waals surface area contributed by atoms with E-state index >= 15 is 0 Å². The lowest BCUT2D eigenvalue weighted by Crippen LogP contribution is -2.18. The van der Waals surface area contributed by atoms with Crippen LogP contribution in [0.2, 0.25) is 0 Å². The van der Waals surface area contributed by atoms with Crippen LogP contribution >= 0.6 is 11.8 Å². The van der Waals surface area contributed by atoms with Crippen LogP contribution in [0.4, 0.5) is 0 Å². The van der Waals surface area contributed by atoms with Gasteiger partial charge in [0.05, 0.1) is 13.5 Å². The molecule has 0 fully saturated rings. The Labute approximate surface area is 103 Å². The fourth-order valence-corrected chi connectivity index (χ4v) is 3.67. The molecule has 0 aromatic heterocycles. The van der Waals surface area contributed by atoms with Gasteiger partial charge in [-0.3, -0.25) is 4.79 Å².